The number of hydrogen-bond donors (Lipinski definition) is 1. The van der Waals surface area contributed by atoms with Gasteiger partial charge in [0.15, 0.2) is 0 Å². The maximum absolute atomic E-state index is 6.05. The first-order chi connectivity index (χ1) is 7.13. The summed E-state index contributed by atoms with van der Waals surface area (Å²) in [6, 6.07) is 0.370. The molecular formula is C12H27N3. The number of hydrogen-bond acceptors (Lipinski definition) is 3. The van der Waals surface area contributed by atoms with E-state index in [0.717, 1.165) is 6.42 Å². The fourth-order valence-electron chi connectivity index (χ4n) is 1.99. The summed E-state index contributed by atoms with van der Waals surface area (Å²) in [6.07, 6.45) is 1.14. The van der Waals surface area contributed by atoms with Gasteiger partial charge in [-0.3, -0.25) is 0 Å². The Morgan fingerprint density at radius 3 is 2.07 bits per heavy atom. The second-order valence-corrected chi connectivity index (χ2v) is 4.97. The highest BCUT2D eigenvalue weighted by atomic mass is 15.3. The van der Waals surface area contributed by atoms with Crippen LogP contribution in [0.25, 0.3) is 0 Å². The molecule has 15 heavy (non-hydrogen) atoms. The van der Waals surface area contributed by atoms with Crippen LogP contribution in [0.15, 0.2) is 0 Å². The standard InChI is InChI=1S/C12H27N3/c1-4-14-7-9-15(10-8-14)6-5-12(13)11(2)3/h11-12H,4-10,13H2,1-3H3. The van der Waals surface area contributed by atoms with E-state index in [1.807, 2.05) is 0 Å². The Morgan fingerprint density at radius 2 is 1.60 bits per heavy atom. The van der Waals surface area contributed by atoms with Gasteiger partial charge in [0.1, 0.15) is 0 Å². The van der Waals surface area contributed by atoms with E-state index in [0.29, 0.717) is 12.0 Å². The van der Waals surface area contributed by atoms with Crippen LogP contribution in [-0.4, -0.2) is 55.1 Å². The molecule has 3 nitrogen and oxygen atoms in total. The van der Waals surface area contributed by atoms with Crippen molar-refractivity contribution in [1.82, 2.24) is 9.80 Å². The van der Waals surface area contributed by atoms with Gasteiger partial charge in [-0.05, 0) is 25.4 Å². The molecule has 0 spiro atoms. The molecule has 0 amide bonds. The van der Waals surface area contributed by atoms with Crippen molar-refractivity contribution in [3.05, 3.63) is 0 Å². The molecule has 0 aliphatic carbocycles. The topological polar surface area (TPSA) is 32.5 Å². The molecule has 0 bridgehead atoms. The first kappa shape index (κ1) is 12.9. The zero-order valence-corrected chi connectivity index (χ0v) is 10.6. The van der Waals surface area contributed by atoms with Gasteiger partial charge in [0.25, 0.3) is 0 Å². The van der Waals surface area contributed by atoms with Crippen molar-refractivity contribution in [2.24, 2.45) is 11.7 Å². The van der Waals surface area contributed by atoms with Crippen LogP contribution in [-0.2, 0) is 0 Å². The Morgan fingerprint density at radius 1 is 1.07 bits per heavy atom. The maximum Gasteiger partial charge on any atom is 0.0110 e. The van der Waals surface area contributed by atoms with Gasteiger partial charge in [0, 0.05) is 32.2 Å². The molecule has 1 aliphatic rings. The van der Waals surface area contributed by atoms with Gasteiger partial charge in [0.2, 0.25) is 0 Å². The molecule has 1 heterocycles. The van der Waals surface area contributed by atoms with E-state index in [9.17, 15) is 0 Å². The predicted octanol–water partition coefficient (Wildman–Crippen LogP) is 0.997. The molecule has 1 atom stereocenters. The molecule has 0 aromatic heterocycles. The first-order valence-electron chi connectivity index (χ1n) is 6.33. The highest BCUT2D eigenvalue weighted by Gasteiger charge is 2.16. The van der Waals surface area contributed by atoms with E-state index in [4.69, 9.17) is 5.73 Å². The van der Waals surface area contributed by atoms with Crippen molar-refractivity contribution in [3.8, 4) is 0 Å². The highest BCUT2D eigenvalue weighted by molar-refractivity contribution is 4.73. The van der Waals surface area contributed by atoms with Crippen LogP contribution in [0.1, 0.15) is 27.2 Å². The number of nitrogens with zero attached hydrogens (tertiary/aromatic N) is 2. The normalized spacial score (nSPS) is 22.2. The minimum atomic E-state index is 0.370. The molecular weight excluding hydrogens is 186 g/mol. The molecule has 3 heteroatoms. The average Bonchev–Trinajstić information content (AvgIpc) is 2.26. The van der Waals surface area contributed by atoms with Crippen LogP contribution in [0.5, 0.6) is 0 Å². The first-order valence-corrected chi connectivity index (χ1v) is 6.33. The van der Waals surface area contributed by atoms with Crippen LogP contribution in [0.3, 0.4) is 0 Å². The van der Waals surface area contributed by atoms with Crippen LogP contribution in [0.2, 0.25) is 0 Å². The fourth-order valence-corrected chi connectivity index (χ4v) is 1.99. The average molecular weight is 213 g/mol. The SMILES string of the molecule is CCN1CCN(CCC(N)C(C)C)CC1. The quantitative estimate of drug-likeness (QED) is 0.739. The van der Waals surface area contributed by atoms with E-state index in [2.05, 4.69) is 30.6 Å². The van der Waals surface area contributed by atoms with Gasteiger partial charge in [-0.2, -0.15) is 0 Å². The molecule has 0 saturated carbocycles. The lowest BCUT2D eigenvalue weighted by atomic mass is 10.0. The van der Waals surface area contributed by atoms with E-state index >= 15 is 0 Å². The van der Waals surface area contributed by atoms with Crippen molar-refractivity contribution in [2.75, 3.05) is 39.3 Å². The Labute approximate surface area is 94.6 Å². The van der Waals surface area contributed by atoms with Crippen LogP contribution < -0.4 is 5.73 Å². The van der Waals surface area contributed by atoms with Crippen molar-refractivity contribution in [1.29, 1.82) is 0 Å². The Kier molecular flexibility index (Phi) is 5.58. The predicted molar refractivity (Wildman–Crippen MR) is 66.0 cm³/mol. The van der Waals surface area contributed by atoms with Crippen molar-refractivity contribution in [2.45, 2.75) is 33.2 Å². The Hall–Kier alpha value is -0.120. The molecule has 1 rings (SSSR count). The summed E-state index contributed by atoms with van der Waals surface area (Å²) in [5.41, 5.74) is 6.05. The van der Waals surface area contributed by atoms with Gasteiger partial charge >= 0.3 is 0 Å². The van der Waals surface area contributed by atoms with Gasteiger partial charge in [-0.15, -0.1) is 0 Å². The van der Waals surface area contributed by atoms with Gasteiger partial charge < -0.3 is 15.5 Å². The van der Waals surface area contributed by atoms with Gasteiger partial charge in [-0.1, -0.05) is 20.8 Å². The fraction of sp³-hybridized carbons (Fsp3) is 1.00. The number of rotatable bonds is 5. The monoisotopic (exact) mass is 213 g/mol. The minimum absolute atomic E-state index is 0.370. The third-order valence-corrected chi connectivity index (χ3v) is 3.55. The second kappa shape index (κ2) is 6.46. The minimum Gasteiger partial charge on any atom is -0.327 e. The zero-order chi connectivity index (χ0) is 11.3. The van der Waals surface area contributed by atoms with E-state index in [1.165, 1.54) is 39.3 Å². The lowest BCUT2D eigenvalue weighted by Crippen LogP contribution is -2.47. The van der Waals surface area contributed by atoms with Crippen LogP contribution >= 0.6 is 0 Å². The van der Waals surface area contributed by atoms with Gasteiger partial charge in [-0.25, -0.2) is 0 Å². The molecule has 1 saturated heterocycles. The molecule has 0 aromatic carbocycles. The van der Waals surface area contributed by atoms with Gasteiger partial charge in [0.05, 0.1) is 0 Å². The third-order valence-electron chi connectivity index (χ3n) is 3.55. The number of nitrogens with two attached hydrogens (primary N) is 1. The van der Waals surface area contributed by atoms with E-state index in [-0.39, 0.29) is 0 Å². The molecule has 1 fully saturated rings. The summed E-state index contributed by atoms with van der Waals surface area (Å²) in [7, 11) is 0. The summed E-state index contributed by atoms with van der Waals surface area (Å²) >= 11 is 0. The molecule has 0 radical (unpaired) electrons. The van der Waals surface area contributed by atoms with Crippen LogP contribution in [0, 0.1) is 5.92 Å². The summed E-state index contributed by atoms with van der Waals surface area (Å²) in [5.74, 6) is 0.613. The summed E-state index contributed by atoms with van der Waals surface area (Å²) < 4.78 is 0. The molecule has 0 aromatic rings. The summed E-state index contributed by atoms with van der Waals surface area (Å²) in [4.78, 5) is 5.06. The number of piperazine rings is 1. The molecule has 90 valence electrons. The van der Waals surface area contributed by atoms with Crippen molar-refractivity contribution >= 4 is 0 Å². The Bertz CT molecular complexity index is 162. The van der Waals surface area contributed by atoms with E-state index < -0.39 is 0 Å². The molecule has 2 N–H and O–H groups in total. The molecule has 1 aliphatic heterocycles. The summed E-state index contributed by atoms with van der Waals surface area (Å²) in [6.45, 7) is 13.9. The lowest BCUT2D eigenvalue weighted by Gasteiger charge is -2.34. The van der Waals surface area contributed by atoms with E-state index in [1.54, 1.807) is 0 Å². The Balaban J connectivity index is 2.13. The maximum atomic E-state index is 6.05. The lowest BCUT2D eigenvalue weighted by molar-refractivity contribution is 0.132. The van der Waals surface area contributed by atoms with Crippen molar-refractivity contribution < 1.29 is 0 Å². The highest BCUT2D eigenvalue weighted by Crippen LogP contribution is 2.06. The second-order valence-electron chi connectivity index (χ2n) is 4.97. The van der Waals surface area contributed by atoms with Crippen molar-refractivity contribution in [3.63, 3.8) is 0 Å². The molecule has 1 unspecified atom stereocenters. The summed E-state index contributed by atoms with van der Waals surface area (Å²) in [5, 5.41) is 0. The smallest absolute Gasteiger partial charge is 0.0110 e. The van der Waals surface area contributed by atoms with Crippen LogP contribution in [0.4, 0.5) is 0 Å². The zero-order valence-electron chi connectivity index (χ0n) is 10.6. The largest absolute Gasteiger partial charge is 0.327 e. The third kappa shape index (κ3) is 4.49. The number of likely N-dealkylation sites (N-methyl/N-ethyl adjacent to an activating group) is 1.